The van der Waals surface area contributed by atoms with Crippen molar-refractivity contribution in [2.75, 3.05) is 11.9 Å². The highest BCUT2D eigenvalue weighted by Crippen LogP contribution is 2.25. The molecule has 3 aromatic rings. The molecule has 0 bridgehead atoms. The fourth-order valence-corrected chi connectivity index (χ4v) is 2.90. The Morgan fingerprint density at radius 3 is 3.00 bits per heavy atom. The van der Waals surface area contributed by atoms with Gasteiger partial charge >= 0.3 is 0 Å². The molecule has 0 spiro atoms. The zero-order valence-electron chi connectivity index (χ0n) is 11.7. The second-order valence-corrected chi connectivity index (χ2v) is 5.78. The lowest BCUT2D eigenvalue weighted by atomic mass is 10.1. The Labute approximate surface area is 131 Å². The van der Waals surface area contributed by atoms with Crippen molar-refractivity contribution in [2.45, 2.75) is 6.42 Å². The zero-order valence-corrected chi connectivity index (χ0v) is 12.6. The third-order valence-electron chi connectivity index (χ3n) is 3.31. The summed E-state index contributed by atoms with van der Waals surface area (Å²) in [5.41, 5.74) is 7.32. The van der Waals surface area contributed by atoms with Crippen LogP contribution in [-0.2, 0) is 6.42 Å². The van der Waals surface area contributed by atoms with Crippen LogP contribution in [0.2, 0.25) is 0 Å². The summed E-state index contributed by atoms with van der Waals surface area (Å²) >= 11 is 1.53. The maximum Gasteiger partial charge on any atom is 0.257 e. The fraction of sp³-hybridized carbons (Fsp3) is 0.125. The van der Waals surface area contributed by atoms with E-state index in [9.17, 15) is 9.90 Å². The van der Waals surface area contributed by atoms with Gasteiger partial charge in [-0.2, -0.15) is 0 Å². The maximum atomic E-state index is 12.3. The number of phenolic OH excluding ortho intramolecular Hbond substituents is 1. The van der Waals surface area contributed by atoms with Crippen LogP contribution in [0.15, 0.2) is 41.9 Å². The van der Waals surface area contributed by atoms with Crippen LogP contribution in [0.1, 0.15) is 15.9 Å². The summed E-state index contributed by atoms with van der Waals surface area (Å²) < 4.78 is 0. The summed E-state index contributed by atoms with van der Waals surface area (Å²) in [6, 6.07) is 8.78. The number of hydrogen-bond donors (Lipinski definition) is 3. The quantitative estimate of drug-likeness (QED) is 0.646. The number of rotatable bonds is 4. The first-order valence-corrected chi connectivity index (χ1v) is 7.72. The van der Waals surface area contributed by atoms with Gasteiger partial charge in [-0.1, -0.05) is 6.07 Å². The number of nitrogens with zero attached hydrogens (tertiary/aromatic N) is 1. The van der Waals surface area contributed by atoms with Crippen molar-refractivity contribution >= 4 is 33.1 Å². The molecule has 4 N–H and O–H groups in total. The molecule has 2 heterocycles. The van der Waals surface area contributed by atoms with E-state index in [1.807, 2.05) is 11.4 Å². The Hall–Kier alpha value is -2.44. The van der Waals surface area contributed by atoms with E-state index >= 15 is 0 Å². The van der Waals surface area contributed by atoms with Crippen LogP contribution >= 0.6 is 11.3 Å². The Kier molecular flexibility index (Phi) is 4.04. The van der Waals surface area contributed by atoms with Gasteiger partial charge in [-0.3, -0.25) is 4.79 Å². The predicted octanol–water partition coefficient (Wildman–Crippen LogP) is 2.76. The van der Waals surface area contributed by atoms with E-state index in [2.05, 4.69) is 10.3 Å². The van der Waals surface area contributed by atoms with Crippen LogP contribution in [0.3, 0.4) is 0 Å². The summed E-state index contributed by atoms with van der Waals surface area (Å²) in [6.45, 7) is 0.511. The number of phenols is 1. The van der Waals surface area contributed by atoms with Gasteiger partial charge in [0.05, 0.1) is 11.3 Å². The van der Waals surface area contributed by atoms with Crippen LogP contribution in [0.5, 0.6) is 5.75 Å². The lowest BCUT2D eigenvalue weighted by molar-refractivity contribution is 0.102. The molecular formula is C16H15N3O2S. The second-order valence-electron chi connectivity index (χ2n) is 4.88. The molecule has 0 aliphatic rings. The first-order valence-electron chi connectivity index (χ1n) is 6.84. The molecule has 0 aliphatic carbocycles. The van der Waals surface area contributed by atoms with Crippen LogP contribution in [0, 0.1) is 0 Å². The normalized spacial score (nSPS) is 10.8. The minimum absolute atomic E-state index is 0.0266. The fourth-order valence-electron chi connectivity index (χ4n) is 2.18. The van der Waals surface area contributed by atoms with E-state index in [0.717, 1.165) is 15.8 Å². The number of thiophene rings is 1. The van der Waals surface area contributed by atoms with Gasteiger partial charge in [0.2, 0.25) is 0 Å². The van der Waals surface area contributed by atoms with Crippen molar-refractivity contribution in [3.05, 3.63) is 53.0 Å². The molecule has 1 aromatic carbocycles. The van der Waals surface area contributed by atoms with E-state index in [0.29, 0.717) is 24.2 Å². The van der Waals surface area contributed by atoms with Gasteiger partial charge in [0, 0.05) is 11.6 Å². The number of hydrogen-bond acceptors (Lipinski definition) is 5. The Morgan fingerprint density at radius 1 is 1.32 bits per heavy atom. The van der Waals surface area contributed by atoms with E-state index in [-0.39, 0.29) is 11.7 Å². The average molecular weight is 313 g/mol. The largest absolute Gasteiger partial charge is 0.506 e. The molecule has 3 rings (SSSR count). The van der Waals surface area contributed by atoms with Crippen LogP contribution in [0.25, 0.3) is 10.2 Å². The van der Waals surface area contributed by atoms with Gasteiger partial charge in [0.1, 0.15) is 10.6 Å². The van der Waals surface area contributed by atoms with Crippen LogP contribution in [-0.4, -0.2) is 22.5 Å². The van der Waals surface area contributed by atoms with Crippen LogP contribution in [0.4, 0.5) is 5.69 Å². The number of amides is 1. The monoisotopic (exact) mass is 313 g/mol. The molecule has 0 saturated heterocycles. The molecule has 22 heavy (non-hydrogen) atoms. The van der Waals surface area contributed by atoms with Crippen molar-refractivity contribution in [3.63, 3.8) is 0 Å². The predicted molar refractivity (Wildman–Crippen MR) is 88.4 cm³/mol. The van der Waals surface area contributed by atoms with Gasteiger partial charge < -0.3 is 16.2 Å². The number of aromatic nitrogens is 1. The number of nitrogens with two attached hydrogens (primary N) is 1. The molecular weight excluding hydrogens is 298 g/mol. The topological polar surface area (TPSA) is 88.2 Å². The highest BCUT2D eigenvalue weighted by molar-refractivity contribution is 7.16. The molecule has 0 atom stereocenters. The molecule has 112 valence electrons. The van der Waals surface area contributed by atoms with E-state index in [4.69, 9.17) is 5.73 Å². The van der Waals surface area contributed by atoms with Gasteiger partial charge in [-0.05, 0) is 48.2 Å². The molecule has 0 aliphatic heterocycles. The highest BCUT2D eigenvalue weighted by Gasteiger charge is 2.11. The molecule has 6 heteroatoms. The Balaban J connectivity index is 1.85. The minimum atomic E-state index is -0.305. The minimum Gasteiger partial charge on any atom is -0.506 e. The average Bonchev–Trinajstić information content (AvgIpc) is 2.98. The summed E-state index contributed by atoms with van der Waals surface area (Å²) in [4.78, 5) is 17.5. The van der Waals surface area contributed by atoms with Gasteiger partial charge in [0.15, 0.2) is 0 Å². The number of anilines is 1. The molecule has 1 amide bonds. The number of carbonyl (C=O) groups is 1. The number of benzene rings is 1. The maximum absolute atomic E-state index is 12.3. The van der Waals surface area contributed by atoms with Gasteiger partial charge in [-0.15, -0.1) is 11.3 Å². The van der Waals surface area contributed by atoms with Gasteiger partial charge in [0.25, 0.3) is 5.91 Å². The molecule has 0 unspecified atom stereocenters. The molecule has 0 fully saturated rings. The SMILES string of the molecule is NCCc1ccc(O)c(NC(=O)c2cnc3sccc3c2)c1. The van der Waals surface area contributed by atoms with E-state index in [1.54, 1.807) is 24.3 Å². The van der Waals surface area contributed by atoms with Crippen molar-refractivity contribution in [1.82, 2.24) is 4.98 Å². The van der Waals surface area contributed by atoms with Crippen LogP contribution < -0.4 is 11.1 Å². The lowest BCUT2D eigenvalue weighted by Crippen LogP contribution is -2.12. The first-order chi connectivity index (χ1) is 10.7. The third kappa shape index (κ3) is 2.93. The van der Waals surface area contributed by atoms with E-state index < -0.39 is 0 Å². The van der Waals surface area contributed by atoms with Crippen molar-refractivity contribution in [2.24, 2.45) is 5.73 Å². The number of aromatic hydroxyl groups is 1. The number of carbonyl (C=O) groups excluding carboxylic acids is 1. The summed E-state index contributed by atoms with van der Waals surface area (Å²) in [7, 11) is 0. The van der Waals surface area contributed by atoms with Crippen molar-refractivity contribution in [3.8, 4) is 5.75 Å². The van der Waals surface area contributed by atoms with E-state index in [1.165, 1.54) is 17.5 Å². The van der Waals surface area contributed by atoms with Crippen molar-refractivity contribution in [1.29, 1.82) is 0 Å². The van der Waals surface area contributed by atoms with Crippen molar-refractivity contribution < 1.29 is 9.90 Å². The lowest BCUT2D eigenvalue weighted by Gasteiger charge is -2.09. The highest BCUT2D eigenvalue weighted by atomic mass is 32.1. The summed E-state index contributed by atoms with van der Waals surface area (Å²) in [5, 5.41) is 15.5. The number of fused-ring (bicyclic) bond motifs is 1. The standard InChI is InChI=1S/C16H15N3O2S/c17-5-3-10-1-2-14(20)13(7-10)19-15(21)12-8-11-4-6-22-16(11)18-9-12/h1-2,4,6-9,20H,3,5,17H2,(H,19,21). The second kappa shape index (κ2) is 6.13. The summed E-state index contributed by atoms with van der Waals surface area (Å²) in [6.07, 6.45) is 2.22. The molecule has 5 nitrogen and oxygen atoms in total. The Morgan fingerprint density at radius 2 is 2.18 bits per heavy atom. The third-order valence-corrected chi connectivity index (χ3v) is 4.15. The summed E-state index contributed by atoms with van der Waals surface area (Å²) in [5.74, 6) is -0.278. The Bertz CT molecular complexity index is 829. The smallest absolute Gasteiger partial charge is 0.257 e. The first kappa shape index (κ1) is 14.5. The number of pyridine rings is 1. The molecule has 0 saturated carbocycles. The molecule has 0 radical (unpaired) electrons. The molecule has 2 aromatic heterocycles. The zero-order chi connectivity index (χ0) is 15.5. The number of nitrogens with one attached hydrogen (secondary N) is 1. The van der Waals surface area contributed by atoms with Gasteiger partial charge in [-0.25, -0.2) is 4.98 Å².